The molecule has 3 aromatic rings. The van der Waals surface area contributed by atoms with Crippen molar-refractivity contribution in [1.29, 1.82) is 0 Å². The fourth-order valence-electron chi connectivity index (χ4n) is 1.99. The van der Waals surface area contributed by atoms with Crippen LogP contribution in [0.1, 0.15) is 0 Å². The molecule has 0 amide bonds. The van der Waals surface area contributed by atoms with Gasteiger partial charge in [0.25, 0.3) is 0 Å². The van der Waals surface area contributed by atoms with Crippen LogP contribution in [0, 0.1) is 0 Å². The van der Waals surface area contributed by atoms with Gasteiger partial charge in [0.05, 0.1) is 0 Å². The van der Waals surface area contributed by atoms with Crippen molar-refractivity contribution in [3.63, 3.8) is 0 Å². The molecule has 0 unspecified atom stereocenters. The summed E-state index contributed by atoms with van der Waals surface area (Å²) in [7, 11) is 0. The first-order valence-electron chi connectivity index (χ1n) is 6.86. The van der Waals surface area contributed by atoms with E-state index >= 15 is 0 Å². The summed E-state index contributed by atoms with van der Waals surface area (Å²) in [5, 5.41) is 25.2. The lowest BCUT2D eigenvalue weighted by Crippen LogP contribution is -2.02. The Morgan fingerprint density at radius 1 is 0.792 bits per heavy atom. The second kappa shape index (κ2) is 6.82. The Bertz CT molecular complexity index is 890. The Hall–Kier alpha value is -2.70. The lowest BCUT2D eigenvalue weighted by Gasteiger charge is -2.11. The Labute approximate surface area is 147 Å². The zero-order valence-corrected chi connectivity index (χ0v) is 13.7. The summed E-state index contributed by atoms with van der Waals surface area (Å²) in [6.07, 6.45) is 0. The third-order valence-corrected chi connectivity index (χ3v) is 3.75. The van der Waals surface area contributed by atoms with Gasteiger partial charge >= 0.3 is 0 Å². The molecule has 24 heavy (non-hydrogen) atoms. The molecule has 0 atom stereocenters. The van der Waals surface area contributed by atoms with E-state index in [1.807, 2.05) is 0 Å². The van der Waals surface area contributed by atoms with E-state index in [1.165, 1.54) is 12.1 Å². The molecule has 1 aromatic heterocycles. The predicted octanol–water partition coefficient (Wildman–Crippen LogP) is 4.68. The highest BCUT2D eigenvalue weighted by molar-refractivity contribution is 6.42. The number of rotatable bonds is 4. The maximum Gasteiger partial charge on any atom is 0.230 e. The molecule has 0 aliphatic heterocycles. The maximum absolute atomic E-state index is 9.52. The lowest BCUT2D eigenvalue weighted by atomic mass is 10.3. The molecule has 0 radical (unpaired) electrons. The summed E-state index contributed by atoms with van der Waals surface area (Å²) in [6, 6.07) is 13.0. The highest BCUT2D eigenvalue weighted by Crippen LogP contribution is 2.32. The number of nitrogens with zero attached hydrogens (tertiary/aromatic N) is 2. The summed E-state index contributed by atoms with van der Waals surface area (Å²) in [5.41, 5.74) is 1.19. The molecule has 1 heterocycles. The normalized spacial score (nSPS) is 10.4. The lowest BCUT2D eigenvalue weighted by molar-refractivity contribution is 0.475. The van der Waals surface area contributed by atoms with Crippen LogP contribution in [0.2, 0.25) is 10.2 Å². The van der Waals surface area contributed by atoms with Crippen LogP contribution in [0.3, 0.4) is 0 Å². The van der Waals surface area contributed by atoms with Crippen molar-refractivity contribution in [2.45, 2.75) is 0 Å². The van der Waals surface area contributed by atoms with E-state index in [1.54, 1.807) is 36.4 Å². The number of benzene rings is 2. The van der Waals surface area contributed by atoms with Crippen molar-refractivity contribution in [3.8, 4) is 11.5 Å². The van der Waals surface area contributed by atoms with Gasteiger partial charge in [-0.15, -0.1) is 0 Å². The molecule has 122 valence electrons. The second-order valence-electron chi connectivity index (χ2n) is 4.85. The minimum atomic E-state index is 0.0666. The van der Waals surface area contributed by atoms with Gasteiger partial charge in [0.2, 0.25) is 5.95 Å². The van der Waals surface area contributed by atoms with E-state index in [0.29, 0.717) is 11.4 Å². The molecular weight excluding hydrogens is 351 g/mol. The van der Waals surface area contributed by atoms with Crippen LogP contribution in [0.4, 0.5) is 23.1 Å². The van der Waals surface area contributed by atoms with Crippen LogP contribution in [-0.4, -0.2) is 20.2 Å². The van der Waals surface area contributed by atoms with Gasteiger partial charge in [0.1, 0.15) is 16.5 Å². The van der Waals surface area contributed by atoms with Gasteiger partial charge in [0, 0.05) is 23.5 Å². The number of hydrogen-bond acceptors (Lipinski definition) is 6. The molecule has 8 heteroatoms. The van der Waals surface area contributed by atoms with Crippen LogP contribution < -0.4 is 10.6 Å². The Balaban J connectivity index is 1.91. The smallest absolute Gasteiger partial charge is 0.230 e. The number of anilines is 4. The highest BCUT2D eigenvalue weighted by atomic mass is 35.5. The number of nitrogens with one attached hydrogen (secondary N) is 2. The number of hydrogen-bond donors (Lipinski definition) is 4. The molecule has 0 aliphatic carbocycles. The second-order valence-corrected chi connectivity index (χ2v) is 5.59. The molecule has 2 aromatic carbocycles. The summed E-state index contributed by atoms with van der Waals surface area (Å²) in [6.45, 7) is 0. The Kier molecular flexibility index (Phi) is 4.59. The number of phenolic OH excluding ortho intramolecular Hbond substituents is 2. The number of halogens is 2. The van der Waals surface area contributed by atoms with Crippen LogP contribution in [0.15, 0.2) is 48.5 Å². The van der Waals surface area contributed by atoms with Crippen LogP contribution in [-0.2, 0) is 0 Å². The van der Waals surface area contributed by atoms with Gasteiger partial charge in [-0.2, -0.15) is 9.97 Å². The van der Waals surface area contributed by atoms with Gasteiger partial charge in [-0.1, -0.05) is 35.3 Å². The Morgan fingerprint density at radius 2 is 1.38 bits per heavy atom. The molecule has 0 fully saturated rings. The summed E-state index contributed by atoms with van der Waals surface area (Å²) in [5.74, 6) is 0.704. The maximum atomic E-state index is 9.52. The van der Waals surface area contributed by atoms with Gasteiger partial charge in [-0.05, 0) is 24.3 Å². The van der Waals surface area contributed by atoms with Crippen molar-refractivity contribution in [1.82, 2.24) is 9.97 Å². The van der Waals surface area contributed by atoms with E-state index in [-0.39, 0.29) is 33.4 Å². The largest absolute Gasteiger partial charge is 0.508 e. The minimum Gasteiger partial charge on any atom is -0.508 e. The van der Waals surface area contributed by atoms with Crippen molar-refractivity contribution in [2.24, 2.45) is 0 Å². The number of phenols is 2. The first kappa shape index (κ1) is 16.2. The highest BCUT2D eigenvalue weighted by Gasteiger charge is 2.12. The zero-order valence-electron chi connectivity index (χ0n) is 12.2. The average Bonchev–Trinajstić information content (AvgIpc) is 2.52. The van der Waals surface area contributed by atoms with Gasteiger partial charge in [0.15, 0.2) is 11.0 Å². The van der Waals surface area contributed by atoms with Gasteiger partial charge in [-0.3, -0.25) is 0 Å². The number of aromatic nitrogens is 2. The molecule has 0 saturated heterocycles. The standard InChI is InChI=1S/C16H12Cl2N4O2/c17-13-14(18)21-16(20-10-4-2-6-12(24)8-10)22-15(13)19-9-3-1-5-11(23)7-9/h1-8,23-24H,(H2,19,20,21,22). The third kappa shape index (κ3) is 3.79. The van der Waals surface area contributed by atoms with Crippen LogP contribution in [0.5, 0.6) is 11.5 Å². The van der Waals surface area contributed by atoms with Gasteiger partial charge < -0.3 is 20.8 Å². The first-order chi connectivity index (χ1) is 11.5. The van der Waals surface area contributed by atoms with E-state index in [9.17, 15) is 10.2 Å². The molecule has 0 spiro atoms. The SMILES string of the molecule is Oc1cccc(Nc2nc(Cl)c(Cl)c(Nc3cccc(O)c3)n2)c1. The molecule has 3 rings (SSSR count). The zero-order chi connectivity index (χ0) is 17.1. The fourth-order valence-corrected chi connectivity index (χ4v) is 2.29. The van der Waals surface area contributed by atoms with Gasteiger partial charge in [-0.25, -0.2) is 0 Å². The van der Waals surface area contributed by atoms with Crippen molar-refractivity contribution < 1.29 is 10.2 Å². The van der Waals surface area contributed by atoms with E-state index < -0.39 is 0 Å². The van der Waals surface area contributed by atoms with Crippen molar-refractivity contribution in [2.75, 3.05) is 10.6 Å². The third-order valence-electron chi connectivity index (χ3n) is 3.02. The molecular formula is C16H12Cl2N4O2. The van der Waals surface area contributed by atoms with E-state index in [4.69, 9.17) is 23.2 Å². The van der Waals surface area contributed by atoms with E-state index in [0.717, 1.165) is 0 Å². The monoisotopic (exact) mass is 362 g/mol. The molecule has 6 nitrogen and oxygen atoms in total. The molecule has 4 N–H and O–H groups in total. The Morgan fingerprint density at radius 3 is 1.96 bits per heavy atom. The summed E-state index contributed by atoms with van der Waals surface area (Å²) in [4.78, 5) is 8.33. The van der Waals surface area contributed by atoms with Crippen LogP contribution >= 0.6 is 23.2 Å². The van der Waals surface area contributed by atoms with Crippen molar-refractivity contribution in [3.05, 3.63) is 58.7 Å². The quantitative estimate of drug-likeness (QED) is 0.503. The predicted molar refractivity (Wildman–Crippen MR) is 94.8 cm³/mol. The molecule has 0 aliphatic rings. The molecule has 0 saturated carbocycles. The van der Waals surface area contributed by atoms with E-state index in [2.05, 4.69) is 20.6 Å². The number of aromatic hydroxyl groups is 2. The first-order valence-corrected chi connectivity index (χ1v) is 7.62. The average molecular weight is 363 g/mol. The fraction of sp³-hybridized carbons (Fsp3) is 0. The summed E-state index contributed by atoms with van der Waals surface area (Å²) < 4.78 is 0. The topological polar surface area (TPSA) is 90.3 Å². The van der Waals surface area contributed by atoms with Crippen LogP contribution in [0.25, 0.3) is 0 Å². The van der Waals surface area contributed by atoms with Crippen molar-refractivity contribution >= 4 is 46.3 Å². The molecule has 0 bridgehead atoms. The minimum absolute atomic E-state index is 0.0666. The summed E-state index contributed by atoms with van der Waals surface area (Å²) >= 11 is 12.2.